The van der Waals surface area contributed by atoms with Crippen molar-refractivity contribution in [2.45, 2.75) is 58.1 Å². The van der Waals surface area contributed by atoms with Crippen LogP contribution < -0.4 is 5.32 Å². The third-order valence-electron chi connectivity index (χ3n) is 3.78. The molecule has 0 aromatic rings. The first-order chi connectivity index (χ1) is 8.74. The Morgan fingerprint density at radius 2 is 1.74 bits per heavy atom. The number of hydrogen-bond acceptors (Lipinski definition) is 3. The molecule has 0 aromatic heterocycles. The third kappa shape index (κ3) is 3.58. The van der Waals surface area contributed by atoms with Gasteiger partial charge in [0.2, 0.25) is 0 Å². The average Bonchev–Trinajstić information content (AvgIpc) is 2.17. The zero-order valence-electron chi connectivity index (χ0n) is 12.0. The molecule has 2 bridgehead atoms. The second kappa shape index (κ2) is 4.99. The first kappa shape index (κ1) is 14.1. The van der Waals surface area contributed by atoms with Gasteiger partial charge in [0.05, 0.1) is 0 Å². The zero-order chi connectivity index (χ0) is 14.2. The average molecular weight is 265 g/mol. The highest BCUT2D eigenvalue weighted by Gasteiger charge is 2.42. The third-order valence-corrected chi connectivity index (χ3v) is 3.78. The summed E-state index contributed by atoms with van der Waals surface area (Å²) in [6.45, 7) is 9.58. The van der Waals surface area contributed by atoms with E-state index in [1.165, 1.54) is 5.57 Å². The smallest absolute Gasteiger partial charge is 0.407 e. The predicted octanol–water partition coefficient (Wildman–Crippen LogP) is 2.83. The van der Waals surface area contributed by atoms with Crippen LogP contribution in [0.15, 0.2) is 12.2 Å². The van der Waals surface area contributed by atoms with Crippen molar-refractivity contribution in [3.63, 3.8) is 0 Å². The minimum Gasteiger partial charge on any atom is -0.444 e. The van der Waals surface area contributed by atoms with E-state index in [1.807, 2.05) is 20.8 Å². The molecule has 0 radical (unpaired) electrons. The molecule has 0 spiro atoms. The first-order valence-corrected chi connectivity index (χ1v) is 6.92. The van der Waals surface area contributed by atoms with Crippen LogP contribution in [0, 0.1) is 11.8 Å². The van der Waals surface area contributed by atoms with Crippen LogP contribution >= 0.6 is 0 Å². The minimum absolute atomic E-state index is 0.0537. The number of alkyl carbamates (subject to hydrolysis) is 1. The van der Waals surface area contributed by atoms with Gasteiger partial charge in [-0.25, -0.2) is 4.79 Å². The van der Waals surface area contributed by atoms with Gasteiger partial charge >= 0.3 is 6.09 Å². The Bertz CT molecular complexity index is 368. The molecule has 19 heavy (non-hydrogen) atoms. The molecule has 0 aliphatic heterocycles. The Balaban J connectivity index is 2.02. The van der Waals surface area contributed by atoms with Gasteiger partial charge in [-0.2, -0.15) is 0 Å². The standard InChI is InChI=1S/C15H23NO3/c1-9-5-10-7-12(17)8-11(6-9)13(10)16-14(18)19-15(2,3)4/h10-11,13H,1,5-8H2,2-4H3,(H,16,18)/t10-,11+,13?. The lowest BCUT2D eigenvalue weighted by Gasteiger charge is -2.43. The van der Waals surface area contributed by atoms with Crippen LogP contribution in [0.25, 0.3) is 0 Å². The van der Waals surface area contributed by atoms with Gasteiger partial charge in [0.25, 0.3) is 0 Å². The molecule has 0 aromatic carbocycles. The van der Waals surface area contributed by atoms with E-state index in [0.29, 0.717) is 18.6 Å². The Morgan fingerprint density at radius 3 is 2.21 bits per heavy atom. The molecule has 2 rings (SSSR count). The molecular weight excluding hydrogens is 242 g/mol. The predicted molar refractivity (Wildman–Crippen MR) is 72.8 cm³/mol. The van der Waals surface area contributed by atoms with E-state index < -0.39 is 5.60 Å². The number of amides is 1. The second-order valence-corrected chi connectivity index (χ2v) is 6.80. The quantitative estimate of drug-likeness (QED) is 0.742. The number of fused-ring (bicyclic) bond motifs is 2. The number of hydrogen-bond donors (Lipinski definition) is 1. The molecule has 2 aliphatic rings. The van der Waals surface area contributed by atoms with E-state index in [2.05, 4.69) is 11.9 Å². The molecule has 1 amide bonds. The van der Waals surface area contributed by atoms with E-state index in [1.54, 1.807) is 0 Å². The van der Waals surface area contributed by atoms with Crippen molar-refractivity contribution in [3.05, 3.63) is 12.2 Å². The van der Waals surface area contributed by atoms with Crippen molar-refractivity contribution in [2.75, 3.05) is 0 Å². The number of Topliss-reactive ketones (excluding diaryl/α,β-unsaturated/α-hetero) is 1. The van der Waals surface area contributed by atoms with Gasteiger partial charge in [0.1, 0.15) is 11.4 Å². The van der Waals surface area contributed by atoms with E-state index in [0.717, 1.165) is 12.8 Å². The number of allylic oxidation sites excluding steroid dienone is 1. The maximum absolute atomic E-state index is 11.9. The summed E-state index contributed by atoms with van der Waals surface area (Å²) >= 11 is 0. The molecule has 0 saturated heterocycles. The number of carbonyl (C=O) groups is 2. The maximum Gasteiger partial charge on any atom is 0.407 e. The van der Waals surface area contributed by atoms with E-state index >= 15 is 0 Å². The number of rotatable bonds is 1. The fraction of sp³-hybridized carbons (Fsp3) is 0.733. The molecule has 1 unspecified atom stereocenters. The van der Waals surface area contributed by atoms with Crippen LogP contribution in [0.5, 0.6) is 0 Å². The number of ether oxygens (including phenoxy) is 1. The van der Waals surface area contributed by atoms with E-state index in [9.17, 15) is 9.59 Å². The van der Waals surface area contributed by atoms with Crippen LogP contribution in [0.4, 0.5) is 4.79 Å². The Hall–Kier alpha value is -1.32. The van der Waals surface area contributed by atoms with Crippen LogP contribution in [0.1, 0.15) is 46.5 Å². The van der Waals surface area contributed by atoms with E-state index in [-0.39, 0.29) is 24.0 Å². The maximum atomic E-state index is 11.9. The molecule has 3 atom stereocenters. The van der Waals surface area contributed by atoms with Gasteiger partial charge in [0.15, 0.2) is 0 Å². The fourth-order valence-electron chi connectivity index (χ4n) is 3.21. The molecule has 2 saturated carbocycles. The molecule has 2 aliphatic carbocycles. The summed E-state index contributed by atoms with van der Waals surface area (Å²) in [5.41, 5.74) is 0.706. The highest BCUT2D eigenvalue weighted by molar-refractivity contribution is 5.81. The van der Waals surface area contributed by atoms with Gasteiger partial charge in [-0.1, -0.05) is 12.2 Å². The summed E-state index contributed by atoms with van der Waals surface area (Å²) in [6, 6.07) is 0.0537. The van der Waals surface area contributed by atoms with Crippen LogP contribution in [-0.2, 0) is 9.53 Å². The van der Waals surface area contributed by atoms with Gasteiger partial charge < -0.3 is 10.1 Å². The number of ketones is 1. The summed E-state index contributed by atoms with van der Waals surface area (Å²) in [5, 5.41) is 2.96. The summed E-state index contributed by atoms with van der Waals surface area (Å²) in [5.74, 6) is 0.699. The molecule has 1 N–H and O–H groups in total. The van der Waals surface area contributed by atoms with Gasteiger partial charge in [-0.05, 0) is 45.4 Å². The van der Waals surface area contributed by atoms with E-state index in [4.69, 9.17) is 4.74 Å². The van der Waals surface area contributed by atoms with Crippen molar-refractivity contribution >= 4 is 11.9 Å². The van der Waals surface area contributed by atoms with Gasteiger partial charge in [-0.15, -0.1) is 0 Å². The Morgan fingerprint density at radius 1 is 1.21 bits per heavy atom. The summed E-state index contributed by atoms with van der Waals surface area (Å²) in [6.07, 6.45) is 2.39. The van der Waals surface area contributed by atoms with Crippen molar-refractivity contribution in [1.82, 2.24) is 5.32 Å². The molecular formula is C15H23NO3. The van der Waals surface area contributed by atoms with Crippen molar-refractivity contribution < 1.29 is 14.3 Å². The van der Waals surface area contributed by atoms with Gasteiger partial charge in [0, 0.05) is 18.9 Å². The summed E-state index contributed by atoms with van der Waals surface area (Å²) in [7, 11) is 0. The van der Waals surface area contributed by atoms with Crippen molar-refractivity contribution in [2.24, 2.45) is 11.8 Å². The number of nitrogens with one attached hydrogen (secondary N) is 1. The second-order valence-electron chi connectivity index (χ2n) is 6.80. The number of carbonyl (C=O) groups excluding carboxylic acids is 2. The van der Waals surface area contributed by atoms with Gasteiger partial charge in [-0.3, -0.25) is 4.79 Å². The van der Waals surface area contributed by atoms with Crippen molar-refractivity contribution in [3.8, 4) is 0 Å². The highest BCUT2D eigenvalue weighted by atomic mass is 16.6. The lowest BCUT2D eigenvalue weighted by molar-refractivity contribution is -0.124. The largest absolute Gasteiger partial charge is 0.444 e. The highest BCUT2D eigenvalue weighted by Crippen LogP contribution is 2.40. The SMILES string of the molecule is C=C1C[C@@H]2CC(=O)C[C@H](C1)C2NC(=O)OC(C)(C)C. The Labute approximate surface area is 114 Å². The van der Waals surface area contributed by atoms with Crippen LogP contribution in [-0.4, -0.2) is 23.5 Å². The zero-order valence-corrected chi connectivity index (χ0v) is 12.0. The van der Waals surface area contributed by atoms with Crippen LogP contribution in [0.2, 0.25) is 0 Å². The first-order valence-electron chi connectivity index (χ1n) is 6.92. The lowest BCUT2D eigenvalue weighted by Crippen LogP contribution is -2.52. The normalized spacial score (nSPS) is 31.0. The Kier molecular flexibility index (Phi) is 3.70. The van der Waals surface area contributed by atoms with Crippen LogP contribution in [0.3, 0.4) is 0 Å². The fourth-order valence-corrected chi connectivity index (χ4v) is 3.21. The summed E-state index contributed by atoms with van der Waals surface area (Å²) in [4.78, 5) is 23.6. The molecule has 0 heterocycles. The molecule has 4 nitrogen and oxygen atoms in total. The van der Waals surface area contributed by atoms with Crippen molar-refractivity contribution in [1.29, 1.82) is 0 Å². The monoisotopic (exact) mass is 265 g/mol. The summed E-state index contributed by atoms with van der Waals surface area (Å²) < 4.78 is 5.30. The molecule has 2 fully saturated rings. The topological polar surface area (TPSA) is 55.4 Å². The minimum atomic E-state index is -0.493. The molecule has 4 heteroatoms. The lowest BCUT2D eigenvalue weighted by atomic mass is 9.66. The molecule has 106 valence electrons.